The van der Waals surface area contributed by atoms with Gasteiger partial charge in [0.1, 0.15) is 0 Å². The molecule has 0 aromatic heterocycles. The van der Waals surface area contributed by atoms with Crippen LogP contribution in [0.4, 0.5) is 0 Å². The van der Waals surface area contributed by atoms with Crippen molar-refractivity contribution in [1.82, 2.24) is 0 Å². The van der Waals surface area contributed by atoms with E-state index in [0.29, 0.717) is 6.61 Å². The second kappa shape index (κ2) is 21.6. The van der Waals surface area contributed by atoms with Crippen molar-refractivity contribution in [1.29, 1.82) is 0 Å². The maximum atomic E-state index is 8.74. The van der Waals surface area contributed by atoms with Crippen LogP contribution in [0.15, 0.2) is 12.7 Å². The molecule has 0 aliphatic rings. The standard InChI is InChI=1S/C15H30O.Na.H2O4S.H/c1-3-5-6-7-8-9-10-11-12-13-15-16-14-4-2;;1-5(2,3)4;/h4H,2-3,5-15H2,1H3;;(H2,1,2,3,4);/q;+1;;-1. The van der Waals surface area contributed by atoms with Crippen molar-refractivity contribution in [2.45, 2.75) is 71.1 Å². The summed E-state index contributed by atoms with van der Waals surface area (Å²) in [5.41, 5.74) is 0. The fourth-order valence-electron chi connectivity index (χ4n) is 1.86. The Balaban J connectivity index is -0.000000225. The minimum absolute atomic E-state index is 0. The van der Waals surface area contributed by atoms with Gasteiger partial charge in [0.05, 0.1) is 6.61 Å². The third-order valence-electron chi connectivity index (χ3n) is 2.88. The van der Waals surface area contributed by atoms with E-state index in [1.54, 1.807) is 0 Å². The maximum absolute atomic E-state index is 8.74. The van der Waals surface area contributed by atoms with Crippen molar-refractivity contribution in [3.63, 3.8) is 0 Å². The maximum Gasteiger partial charge on any atom is 1.00 e. The summed E-state index contributed by atoms with van der Waals surface area (Å²) in [7, 11) is -4.67. The molecule has 130 valence electrons. The van der Waals surface area contributed by atoms with E-state index in [1.165, 1.54) is 64.2 Å². The molecule has 2 N–H and O–H groups in total. The second-order valence-corrected chi connectivity index (χ2v) is 5.89. The summed E-state index contributed by atoms with van der Waals surface area (Å²) in [6.07, 6.45) is 15.7. The SMILES string of the molecule is C=CCOCCCCCCCCCCCC.O=S(=O)(O)O.[H-].[Na+]. The molecule has 0 aromatic rings. The predicted molar refractivity (Wildman–Crippen MR) is 88.1 cm³/mol. The topological polar surface area (TPSA) is 83.8 Å². The van der Waals surface area contributed by atoms with Gasteiger partial charge in [0.15, 0.2) is 0 Å². The van der Waals surface area contributed by atoms with Crippen molar-refractivity contribution in [2.75, 3.05) is 13.2 Å². The fraction of sp³-hybridized carbons (Fsp3) is 0.867. The van der Waals surface area contributed by atoms with Crippen LogP contribution in [0, 0.1) is 0 Å². The second-order valence-electron chi connectivity index (χ2n) is 4.99. The first-order valence-electron chi connectivity index (χ1n) is 7.80. The fourth-order valence-corrected chi connectivity index (χ4v) is 1.86. The van der Waals surface area contributed by atoms with Crippen LogP contribution < -0.4 is 29.6 Å². The molecule has 0 saturated heterocycles. The van der Waals surface area contributed by atoms with Gasteiger partial charge < -0.3 is 6.16 Å². The molecule has 0 rings (SSSR count). The smallest absolute Gasteiger partial charge is 1.00 e. The summed E-state index contributed by atoms with van der Waals surface area (Å²) in [5, 5.41) is 0. The predicted octanol–water partition coefficient (Wildman–Crippen LogP) is 1.57. The van der Waals surface area contributed by atoms with Crippen molar-refractivity contribution in [2.24, 2.45) is 0 Å². The molecule has 0 atom stereocenters. The van der Waals surface area contributed by atoms with Gasteiger partial charge in [-0.05, 0) is 6.42 Å². The molecular formula is C15H33NaO5S. The third kappa shape index (κ3) is 42.8. The quantitative estimate of drug-likeness (QED) is 0.228. The summed E-state index contributed by atoms with van der Waals surface area (Å²) in [4.78, 5) is 0. The van der Waals surface area contributed by atoms with Gasteiger partial charge in [0.2, 0.25) is 0 Å². The van der Waals surface area contributed by atoms with Gasteiger partial charge in [-0.1, -0.05) is 70.8 Å². The number of rotatable bonds is 13. The average molecular weight is 348 g/mol. The Hall–Kier alpha value is 0.570. The Morgan fingerprint density at radius 2 is 1.32 bits per heavy atom. The molecule has 5 nitrogen and oxygen atoms in total. The van der Waals surface area contributed by atoms with E-state index in [9.17, 15) is 0 Å². The van der Waals surface area contributed by atoms with Crippen molar-refractivity contribution < 1.29 is 53.2 Å². The van der Waals surface area contributed by atoms with Gasteiger partial charge in [-0.15, -0.1) is 6.58 Å². The Kier molecular flexibility index (Phi) is 26.9. The normalized spacial score (nSPS) is 10.3. The summed E-state index contributed by atoms with van der Waals surface area (Å²) < 4.78 is 36.9. The first-order chi connectivity index (χ1) is 9.91. The van der Waals surface area contributed by atoms with Crippen molar-refractivity contribution in [3.8, 4) is 0 Å². The van der Waals surface area contributed by atoms with Crippen LogP contribution >= 0.6 is 0 Å². The first kappa shape index (κ1) is 27.4. The van der Waals surface area contributed by atoms with Crippen LogP contribution in [0.1, 0.15) is 72.6 Å². The van der Waals surface area contributed by atoms with E-state index < -0.39 is 10.4 Å². The summed E-state index contributed by atoms with van der Waals surface area (Å²) in [5.74, 6) is 0. The van der Waals surface area contributed by atoms with E-state index in [1.807, 2.05) is 6.08 Å². The van der Waals surface area contributed by atoms with Crippen LogP contribution in [0.25, 0.3) is 0 Å². The number of ether oxygens (including phenoxy) is 1. The van der Waals surface area contributed by atoms with Gasteiger partial charge in [-0.25, -0.2) is 0 Å². The summed E-state index contributed by atoms with van der Waals surface area (Å²) in [6, 6.07) is 0. The molecule has 0 unspecified atom stereocenters. The third-order valence-corrected chi connectivity index (χ3v) is 2.88. The van der Waals surface area contributed by atoms with E-state index in [-0.39, 0.29) is 31.0 Å². The molecule has 0 bridgehead atoms. The molecule has 0 heterocycles. The molecule has 0 aliphatic carbocycles. The minimum atomic E-state index is -4.67. The van der Waals surface area contributed by atoms with Gasteiger partial charge in [0.25, 0.3) is 0 Å². The zero-order chi connectivity index (χ0) is 16.4. The Bertz CT molecular complexity index is 305. The average Bonchev–Trinajstić information content (AvgIpc) is 2.38. The summed E-state index contributed by atoms with van der Waals surface area (Å²) >= 11 is 0. The molecule has 0 radical (unpaired) electrons. The van der Waals surface area contributed by atoms with E-state index >= 15 is 0 Å². The first-order valence-corrected chi connectivity index (χ1v) is 9.20. The van der Waals surface area contributed by atoms with Crippen LogP contribution in [0.5, 0.6) is 0 Å². The van der Waals surface area contributed by atoms with E-state index in [2.05, 4.69) is 13.5 Å². The molecule has 0 saturated carbocycles. The zero-order valence-corrected chi connectivity index (χ0v) is 17.1. The zero-order valence-electron chi connectivity index (χ0n) is 15.3. The monoisotopic (exact) mass is 348 g/mol. The van der Waals surface area contributed by atoms with Crippen LogP contribution in [-0.2, 0) is 15.1 Å². The molecule has 0 aliphatic heterocycles. The molecule has 22 heavy (non-hydrogen) atoms. The van der Waals surface area contributed by atoms with E-state index in [0.717, 1.165) is 6.61 Å². The Morgan fingerprint density at radius 1 is 0.955 bits per heavy atom. The minimum Gasteiger partial charge on any atom is -1.00 e. The van der Waals surface area contributed by atoms with E-state index in [4.69, 9.17) is 22.3 Å². The number of hydrogen-bond acceptors (Lipinski definition) is 3. The van der Waals surface area contributed by atoms with Crippen LogP contribution in [-0.4, -0.2) is 30.7 Å². The summed E-state index contributed by atoms with van der Waals surface area (Å²) in [6.45, 7) is 7.51. The van der Waals surface area contributed by atoms with Gasteiger partial charge >= 0.3 is 40.0 Å². The molecule has 0 amide bonds. The number of hydrogen-bond donors (Lipinski definition) is 2. The number of unbranched alkanes of at least 4 members (excludes halogenated alkanes) is 9. The van der Waals surface area contributed by atoms with Gasteiger partial charge in [0, 0.05) is 6.61 Å². The van der Waals surface area contributed by atoms with Crippen LogP contribution in [0.2, 0.25) is 0 Å². The molecule has 0 spiro atoms. The van der Waals surface area contributed by atoms with Gasteiger partial charge in [-0.2, -0.15) is 8.42 Å². The Labute approximate surface area is 160 Å². The molecule has 7 heteroatoms. The largest absolute Gasteiger partial charge is 1.00 e. The molecular weight excluding hydrogens is 315 g/mol. The molecule has 0 aromatic carbocycles. The van der Waals surface area contributed by atoms with Gasteiger partial charge in [-0.3, -0.25) is 9.11 Å². The van der Waals surface area contributed by atoms with Crippen molar-refractivity contribution >= 4 is 10.4 Å². The molecule has 0 fully saturated rings. The Morgan fingerprint density at radius 3 is 1.68 bits per heavy atom. The van der Waals surface area contributed by atoms with Crippen molar-refractivity contribution in [3.05, 3.63) is 12.7 Å². The van der Waals surface area contributed by atoms with Crippen LogP contribution in [0.3, 0.4) is 0 Å².